The third-order valence-electron chi connectivity index (χ3n) is 4.96. The number of rotatable bonds is 7. The summed E-state index contributed by atoms with van der Waals surface area (Å²) >= 11 is 0. The zero-order chi connectivity index (χ0) is 22.6. The highest BCUT2D eigenvalue weighted by Crippen LogP contribution is 2.22. The van der Waals surface area contributed by atoms with Crippen molar-refractivity contribution < 1.29 is 27.6 Å². The minimum absolute atomic E-state index is 0.0690. The number of ether oxygens (including phenoxy) is 2. The van der Waals surface area contributed by atoms with Crippen LogP contribution in [0.3, 0.4) is 0 Å². The third-order valence-corrected chi connectivity index (χ3v) is 6.87. The van der Waals surface area contributed by atoms with Crippen LogP contribution in [0.25, 0.3) is 0 Å². The number of hydrogen-bond acceptors (Lipinski definition) is 7. The summed E-state index contributed by atoms with van der Waals surface area (Å²) in [4.78, 5) is 24.6. The first kappa shape index (κ1) is 22.5. The third kappa shape index (κ3) is 5.12. The Hall–Kier alpha value is -3.18. The molecule has 0 unspecified atom stereocenters. The fourth-order valence-electron chi connectivity index (χ4n) is 3.20. The van der Waals surface area contributed by atoms with E-state index in [1.807, 2.05) is 0 Å². The number of carbonyl (C=O) groups excluding carboxylic acids is 1. The lowest BCUT2D eigenvalue weighted by atomic mass is 10.2. The Morgan fingerprint density at radius 2 is 1.55 bits per heavy atom. The van der Waals surface area contributed by atoms with Gasteiger partial charge in [0, 0.05) is 38.3 Å². The molecule has 0 aliphatic carbocycles. The second-order valence-electron chi connectivity index (χ2n) is 6.92. The highest BCUT2D eigenvalue weighted by atomic mass is 32.2. The van der Waals surface area contributed by atoms with Gasteiger partial charge in [-0.3, -0.25) is 14.9 Å². The van der Waals surface area contributed by atoms with Crippen LogP contribution < -0.4 is 9.47 Å². The average Bonchev–Trinajstić information content (AvgIpc) is 2.79. The summed E-state index contributed by atoms with van der Waals surface area (Å²) in [6.07, 6.45) is -0.814. The number of piperazine rings is 1. The van der Waals surface area contributed by atoms with Gasteiger partial charge in [0.25, 0.3) is 11.6 Å². The smallest absolute Gasteiger partial charge is 0.269 e. The molecule has 31 heavy (non-hydrogen) atoms. The maximum Gasteiger partial charge on any atom is 0.269 e. The van der Waals surface area contributed by atoms with Gasteiger partial charge in [0.05, 0.1) is 16.9 Å². The molecule has 1 saturated heterocycles. The summed E-state index contributed by atoms with van der Waals surface area (Å²) in [5.74, 6) is 0.628. The monoisotopic (exact) mass is 449 g/mol. The Kier molecular flexibility index (Phi) is 6.76. The number of nitrogens with zero attached hydrogens (tertiary/aromatic N) is 3. The van der Waals surface area contributed by atoms with E-state index in [4.69, 9.17) is 9.47 Å². The van der Waals surface area contributed by atoms with Gasteiger partial charge >= 0.3 is 0 Å². The van der Waals surface area contributed by atoms with Crippen molar-refractivity contribution in [2.24, 2.45) is 0 Å². The number of carbonyl (C=O) groups is 1. The topological polar surface area (TPSA) is 119 Å². The van der Waals surface area contributed by atoms with E-state index in [1.54, 1.807) is 24.0 Å². The van der Waals surface area contributed by atoms with Crippen LogP contribution in [-0.2, 0) is 14.8 Å². The number of benzene rings is 2. The first-order valence-corrected chi connectivity index (χ1v) is 11.0. The van der Waals surface area contributed by atoms with E-state index in [-0.39, 0.29) is 42.7 Å². The van der Waals surface area contributed by atoms with E-state index in [9.17, 15) is 23.3 Å². The number of sulfonamides is 1. The summed E-state index contributed by atoms with van der Waals surface area (Å²) in [7, 11) is -2.16. The molecule has 0 spiro atoms. The number of nitro benzene ring substituents is 1. The Morgan fingerprint density at radius 1 is 1.00 bits per heavy atom. The molecule has 0 aromatic heterocycles. The summed E-state index contributed by atoms with van der Waals surface area (Å²) in [5, 5.41) is 10.7. The number of methoxy groups -OCH3 is 1. The molecule has 10 nitrogen and oxygen atoms in total. The lowest BCUT2D eigenvalue weighted by Crippen LogP contribution is -2.53. The maximum atomic E-state index is 12.8. The average molecular weight is 449 g/mol. The van der Waals surface area contributed by atoms with Crippen LogP contribution >= 0.6 is 0 Å². The molecule has 1 fully saturated rings. The molecule has 0 radical (unpaired) electrons. The van der Waals surface area contributed by atoms with Crippen molar-refractivity contribution in [3.8, 4) is 11.5 Å². The van der Waals surface area contributed by atoms with Crippen LogP contribution in [0.4, 0.5) is 5.69 Å². The molecule has 1 aliphatic heterocycles. The van der Waals surface area contributed by atoms with Gasteiger partial charge in [-0.15, -0.1) is 0 Å². The van der Waals surface area contributed by atoms with Crippen molar-refractivity contribution in [2.45, 2.75) is 17.9 Å². The Bertz CT molecular complexity index is 1030. The van der Waals surface area contributed by atoms with Crippen molar-refractivity contribution in [2.75, 3.05) is 33.3 Å². The largest absolute Gasteiger partial charge is 0.497 e. The van der Waals surface area contributed by atoms with Crippen LogP contribution in [0.15, 0.2) is 53.4 Å². The molecule has 0 saturated carbocycles. The summed E-state index contributed by atoms with van der Waals surface area (Å²) < 4.78 is 37.6. The summed E-state index contributed by atoms with van der Waals surface area (Å²) in [6, 6.07) is 11.6. The Morgan fingerprint density at radius 3 is 2.06 bits per heavy atom. The normalized spacial score (nSPS) is 15.9. The van der Waals surface area contributed by atoms with Crippen molar-refractivity contribution >= 4 is 21.6 Å². The quantitative estimate of drug-likeness (QED) is 0.468. The van der Waals surface area contributed by atoms with Crippen LogP contribution in [-0.4, -0.2) is 67.8 Å². The number of non-ortho nitro benzene ring substituents is 1. The van der Waals surface area contributed by atoms with Crippen molar-refractivity contribution in [1.29, 1.82) is 0 Å². The van der Waals surface area contributed by atoms with Gasteiger partial charge in [-0.25, -0.2) is 8.42 Å². The second kappa shape index (κ2) is 9.31. The molecule has 0 bridgehead atoms. The Balaban J connectivity index is 1.57. The van der Waals surface area contributed by atoms with Crippen molar-refractivity contribution in [1.82, 2.24) is 9.21 Å². The molecule has 1 atom stereocenters. The molecule has 0 N–H and O–H groups in total. The fraction of sp³-hybridized carbons (Fsp3) is 0.350. The van der Waals surface area contributed by atoms with Gasteiger partial charge in [-0.1, -0.05) is 0 Å². The van der Waals surface area contributed by atoms with E-state index in [1.165, 1.54) is 47.8 Å². The van der Waals surface area contributed by atoms with Gasteiger partial charge in [0.1, 0.15) is 11.5 Å². The SMILES string of the molecule is COc1ccc(S(=O)(=O)N2CCN(C(=O)[C@H](C)Oc3ccc([N+](=O)[O-])cc3)CC2)cc1. The second-order valence-corrected chi connectivity index (χ2v) is 8.85. The standard InChI is InChI=1S/C20H23N3O7S/c1-15(30-18-5-3-16(4-6-18)23(25)26)20(24)21-11-13-22(14-12-21)31(27,28)19-9-7-17(29-2)8-10-19/h3-10,15H,11-14H2,1-2H3/t15-/m0/s1. The van der Waals surface area contributed by atoms with E-state index >= 15 is 0 Å². The van der Waals surface area contributed by atoms with E-state index in [2.05, 4.69) is 0 Å². The number of amides is 1. The highest BCUT2D eigenvalue weighted by Gasteiger charge is 2.32. The van der Waals surface area contributed by atoms with E-state index < -0.39 is 21.1 Å². The van der Waals surface area contributed by atoms with Gasteiger partial charge in [-0.05, 0) is 43.3 Å². The first-order chi connectivity index (χ1) is 14.7. The van der Waals surface area contributed by atoms with Crippen molar-refractivity contribution in [3.05, 3.63) is 58.6 Å². The van der Waals surface area contributed by atoms with Crippen molar-refractivity contribution in [3.63, 3.8) is 0 Å². The molecule has 1 amide bonds. The minimum atomic E-state index is -3.66. The lowest BCUT2D eigenvalue weighted by Gasteiger charge is -2.35. The highest BCUT2D eigenvalue weighted by molar-refractivity contribution is 7.89. The molecule has 2 aromatic rings. The van der Waals surface area contributed by atoms with Gasteiger partial charge in [0.2, 0.25) is 10.0 Å². The molecule has 11 heteroatoms. The van der Waals surface area contributed by atoms with Gasteiger partial charge in [-0.2, -0.15) is 4.31 Å². The predicted octanol–water partition coefficient (Wildman–Crippen LogP) is 1.90. The number of hydrogen-bond donors (Lipinski definition) is 0. The molecule has 166 valence electrons. The van der Waals surface area contributed by atoms with Crippen LogP contribution in [0.5, 0.6) is 11.5 Å². The molecule has 1 aliphatic rings. The van der Waals surface area contributed by atoms with Crippen LogP contribution in [0.1, 0.15) is 6.92 Å². The Labute approximate surface area is 180 Å². The van der Waals surface area contributed by atoms with Crippen LogP contribution in [0.2, 0.25) is 0 Å². The lowest BCUT2D eigenvalue weighted by molar-refractivity contribution is -0.384. The molecule has 3 rings (SSSR count). The van der Waals surface area contributed by atoms with Crippen LogP contribution in [0, 0.1) is 10.1 Å². The fourth-order valence-corrected chi connectivity index (χ4v) is 4.63. The molecular formula is C20H23N3O7S. The number of nitro groups is 1. The molecule has 1 heterocycles. The first-order valence-electron chi connectivity index (χ1n) is 9.56. The van der Waals surface area contributed by atoms with Gasteiger partial charge in [0.15, 0.2) is 6.10 Å². The predicted molar refractivity (Wildman–Crippen MR) is 112 cm³/mol. The summed E-state index contributed by atoms with van der Waals surface area (Å²) in [5.41, 5.74) is -0.0690. The van der Waals surface area contributed by atoms with E-state index in [0.717, 1.165) is 0 Å². The maximum absolute atomic E-state index is 12.8. The zero-order valence-electron chi connectivity index (χ0n) is 17.1. The molecule has 2 aromatic carbocycles. The summed E-state index contributed by atoms with van der Waals surface area (Å²) in [6.45, 7) is 2.41. The molecular weight excluding hydrogens is 426 g/mol. The minimum Gasteiger partial charge on any atom is -0.497 e. The van der Waals surface area contributed by atoms with Gasteiger partial charge < -0.3 is 14.4 Å². The van der Waals surface area contributed by atoms with E-state index in [0.29, 0.717) is 11.5 Å². The zero-order valence-corrected chi connectivity index (χ0v) is 17.9.